The van der Waals surface area contributed by atoms with Crippen LogP contribution in [0.15, 0.2) is 12.1 Å². The van der Waals surface area contributed by atoms with Crippen molar-refractivity contribution in [2.75, 3.05) is 11.9 Å². The summed E-state index contributed by atoms with van der Waals surface area (Å²) >= 11 is 11.6. The van der Waals surface area contributed by atoms with Crippen LogP contribution in [0.4, 0.5) is 11.4 Å². The minimum Gasteiger partial charge on any atom is -0.391 e. The molecule has 0 aromatic heterocycles. The van der Waals surface area contributed by atoms with Gasteiger partial charge in [0.2, 0.25) is 0 Å². The van der Waals surface area contributed by atoms with Crippen LogP contribution in [0.3, 0.4) is 0 Å². The number of anilines is 1. The van der Waals surface area contributed by atoms with E-state index in [0.717, 1.165) is 12.8 Å². The van der Waals surface area contributed by atoms with Crippen LogP contribution < -0.4 is 5.32 Å². The molecule has 112 valence electrons. The van der Waals surface area contributed by atoms with Gasteiger partial charge in [-0.2, -0.15) is 0 Å². The Morgan fingerprint density at radius 1 is 1.30 bits per heavy atom. The van der Waals surface area contributed by atoms with E-state index in [1.165, 1.54) is 12.1 Å². The van der Waals surface area contributed by atoms with Crippen LogP contribution in [0.5, 0.6) is 0 Å². The zero-order valence-electron chi connectivity index (χ0n) is 11.4. The normalized spacial score (nSPS) is 12.5. The summed E-state index contributed by atoms with van der Waals surface area (Å²) in [5.74, 6) is 0.157. The monoisotopic (exact) mass is 320 g/mol. The molecule has 20 heavy (non-hydrogen) atoms. The van der Waals surface area contributed by atoms with Gasteiger partial charge in [0.25, 0.3) is 5.69 Å². The molecular formula is C13H18Cl2N2O3. The predicted molar refractivity (Wildman–Crippen MR) is 81.7 cm³/mol. The molecule has 0 radical (unpaired) electrons. The third-order valence-corrected chi connectivity index (χ3v) is 4.05. The highest BCUT2D eigenvalue weighted by molar-refractivity contribution is 6.42. The van der Waals surface area contributed by atoms with E-state index in [0.29, 0.717) is 0 Å². The summed E-state index contributed by atoms with van der Waals surface area (Å²) in [6.07, 6.45) is 1.13. The first-order chi connectivity index (χ1) is 9.40. The van der Waals surface area contributed by atoms with Crippen molar-refractivity contribution in [3.63, 3.8) is 0 Å². The van der Waals surface area contributed by atoms with E-state index in [2.05, 4.69) is 5.32 Å². The van der Waals surface area contributed by atoms with Gasteiger partial charge in [-0.3, -0.25) is 10.1 Å². The third kappa shape index (κ3) is 4.23. The number of nitrogens with zero attached hydrogens (tertiary/aromatic N) is 1. The van der Waals surface area contributed by atoms with Gasteiger partial charge >= 0.3 is 0 Å². The summed E-state index contributed by atoms with van der Waals surface area (Å²) in [5, 5.41) is 24.2. The van der Waals surface area contributed by atoms with Gasteiger partial charge in [-0.25, -0.2) is 0 Å². The standard InChI is InChI=1S/C13H18Cl2N2O3/c1-3-8(4-2)13(18)7-16-11-5-9(14)10(15)6-12(11)17(19)20/h5-6,8,13,16,18H,3-4,7H2,1-2H3. The first-order valence-electron chi connectivity index (χ1n) is 6.46. The minimum atomic E-state index is -0.570. The molecule has 0 amide bonds. The summed E-state index contributed by atoms with van der Waals surface area (Å²) in [7, 11) is 0. The SMILES string of the molecule is CCC(CC)C(O)CNc1cc(Cl)c(Cl)cc1[N+](=O)[O-]. The number of benzene rings is 1. The second kappa shape index (κ2) is 7.67. The second-order valence-electron chi connectivity index (χ2n) is 4.57. The molecule has 0 fully saturated rings. The molecule has 0 aliphatic carbocycles. The topological polar surface area (TPSA) is 75.4 Å². The highest BCUT2D eigenvalue weighted by atomic mass is 35.5. The molecule has 1 unspecified atom stereocenters. The van der Waals surface area contributed by atoms with E-state index in [1.54, 1.807) is 0 Å². The van der Waals surface area contributed by atoms with Gasteiger partial charge in [0.15, 0.2) is 0 Å². The lowest BCUT2D eigenvalue weighted by atomic mass is 9.96. The Bertz CT molecular complexity index is 479. The molecule has 5 nitrogen and oxygen atoms in total. The lowest BCUT2D eigenvalue weighted by Crippen LogP contribution is -2.27. The number of nitro benzene ring substituents is 1. The first-order valence-corrected chi connectivity index (χ1v) is 7.21. The van der Waals surface area contributed by atoms with Crippen molar-refractivity contribution in [3.8, 4) is 0 Å². The molecule has 0 saturated carbocycles. The van der Waals surface area contributed by atoms with Gasteiger partial charge in [-0.1, -0.05) is 49.9 Å². The number of aliphatic hydroxyl groups excluding tert-OH is 1. The lowest BCUT2D eigenvalue weighted by Gasteiger charge is -2.20. The van der Waals surface area contributed by atoms with Gasteiger partial charge in [-0.05, 0) is 12.0 Å². The zero-order valence-corrected chi connectivity index (χ0v) is 12.9. The Balaban J connectivity index is 2.87. The van der Waals surface area contributed by atoms with Gasteiger partial charge in [0.1, 0.15) is 5.69 Å². The minimum absolute atomic E-state index is 0.129. The van der Waals surface area contributed by atoms with Crippen molar-refractivity contribution in [3.05, 3.63) is 32.3 Å². The Labute approximate surface area is 128 Å². The van der Waals surface area contributed by atoms with Crippen molar-refractivity contribution in [2.24, 2.45) is 5.92 Å². The van der Waals surface area contributed by atoms with E-state index in [1.807, 2.05) is 13.8 Å². The fourth-order valence-electron chi connectivity index (χ4n) is 2.04. The maximum atomic E-state index is 11.0. The fraction of sp³-hybridized carbons (Fsp3) is 0.538. The van der Waals surface area contributed by atoms with Gasteiger partial charge in [0.05, 0.1) is 21.1 Å². The first kappa shape index (κ1) is 17.0. The number of nitro groups is 1. The smallest absolute Gasteiger partial charge is 0.293 e. The molecular weight excluding hydrogens is 303 g/mol. The maximum Gasteiger partial charge on any atom is 0.293 e. The molecule has 1 aromatic carbocycles. The number of hydrogen-bond acceptors (Lipinski definition) is 4. The number of aliphatic hydroxyl groups is 1. The number of halogens is 2. The van der Waals surface area contributed by atoms with Crippen molar-refractivity contribution in [1.82, 2.24) is 0 Å². The Morgan fingerprint density at radius 3 is 2.35 bits per heavy atom. The molecule has 0 saturated heterocycles. The van der Waals surface area contributed by atoms with E-state index >= 15 is 0 Å². The van der Waals surface area contributed by atoms with E-state index in [4.69, 9.17) is 23.2 Å². The average Bonchev–Trinajstić information content (AvgIpc) is 2.40. The van der Waals surface area contributed by atoms with E-state index in [9.17, 15) is 15.2 Å². The van der Waals surface area contributed by atoms with Crippen LogP contribution in [0, 0.1) is 16.0 Å². The molecule has 0 aliphatic rings. The third-order valence-electron chi connectivity index (χ3n) is 3.33. The van der Waals surface area contributed by atoms with Crippen LogP contribution >= 0.6 is 23.2 Å². The number of nitrogens with one attached hydrogen (secondary N) is 1. The molecule has 0 aliphatic heterocycles. The van der Waals surface area contributed by atoms with Crippen LogP contribution in [-0.4, -0.2) is 22.7 Å². The summed E-state index contributed by atoms with van der Waals surface area (Å²) in [6, 6.07) is 2.61. The summed E-state index contributed by atoms with van der Waals surface area (Å²) in [4.78, 5) is 10.4. The summed E-state index contributed by atoms with van der Waals surface area (Å²) in [5.41, 5.74) is 0.102. The highest BCUT2D eigenvalue weighted by Crippen LogP contribution is 2.34. The van der Waals surface area contributed by atoms with Crippen LogP contribution in [0.25, 0.3) is 0 Å². The summed E-state index contributed by atoms with van der Waals surface area (Å²) < 4.78 is 0. The fourth-order valence-corrected chi connectivity index (χ4v) is 2.36. The van der Waals surface area contributed by atoms with Crippen molar-refractivity contribution >= 4 is 34.6 Å². The Kier molecular flexibility index (Phi) is 6.52. The Hall–Kier alpha value is -1.04. The van der Waals surface area contributed by atoms with Crippen molar-refractivity contribution in [1.29, 1.82) is 0 Å². The molecule has 0 spiro atoms. The van der Waals surface area contributed by atoms with E-state index in [-0.39, 0.29) is 33.9 Å². The Morgan fingerprint density at radius 2 is 1.85 bits per heavy atom. The quantitative estimate of drug-likeness (QED) is 0.585. The van der Waals surface area contributed by atoms with Crippen molar-refractivity contribution in [2.45, 2.75) is 32.8 Å². The molecule has 0 heterocycles. The van der Waals surface area contributed by atoms with Gasteiger partial charge < -0.3 is 10.4 Å². The average molecular weight is 321 g/mol. The zero-order chi connectivity index (χ0) is 15.3. The molecule has 1 atom stereocenters. The predicted octanol–water partition coefficient (Wildman–Crippen LogP) is 4.11. The molecule has 1 aromatic rings. The highest BCUT2D eigenvalue weighted by Gasteiger charge is 2.20. The molecule has 1 rings (SSSR count). The van der Waals surface area contributed by atoms with Crippen molar-refractivity contribution < 1.29 is 10.0 Å². The largest absolute Gasteiger partial charge is 0.391 e. The molecule has 2 N–H and O–H groups in total. The number of rotatable bonds is 7. The number of hydrogen-bond donors (Lipinski definition) is 2. The van der Waals surface area contributed by atoms with Crippen LogP contribution in [-0.2, 0) is 0 Å². The lowest BCUT2D eigenvalue weighted by molar-refractivity contribution is -0.383. The van der Waals surface area contributed by atoms with E-state index < -0.39 is 11.0 Å². The van der Waals surface area contributed by atoms with Gasteiger partial charge in [0, 0.05) is 12.6 Å². The molecule has 7 heteroatoms. The maximum absolute atomic E-state index is 11.0. The van der Waals surface area contributed by atoms with Crippen LogP contribution in [0.1, 0.15) is 26.7 Å². The van der Waals surface area contributed by atoms with Crippen LogP contribution in [0.2, 0.25) is 10.0 Å². The second-order valence-corrected chi connectivity index (χ2v) is 5.38. The molecule has 0 bridgehead atoms. The summed E-state index contributed by atoms with van der Waals surface area (Å²) in [6.45, 7) is 4.23. The van der Waals surface area contributed by atoms with Gasteiger partial charge in [-0.15, -0.1) is 0 Å².